The van der Waals surface area contributed by atoms with Gasteiger partial charge in [-0.15, -0.1) is 5.10 Å². The fraction of sp³-hybridized carbons (Fsp3) is 0.550. The van der Waals surface area contributed by atoms with Crippen LogP contribution in [0.25, 0.3) is 0 Å². The zero-order valence-electron chi connectivity index (χ0n) is 16.4. The molecule has 0 aliphatic carbocycles. The van der Waals surface area contributed by atoms with Gasteiger partial charge in [0.2, 0.25) is 0 Å². The van der Waals surface area contributed by atoms with Gasteiger partial charge < -0.3 is 15.2 Å². The van der Waals surface area contributed by atoms with Crippen LogP contribution in [-0.2, 0) is 6.54 Å². The molecule has 1 aromatic heterocycles. The summed E-state index contributed by atoms with van der Waals surface area (Å²) in [6.45, 7) is 5.95. The highest BCUT2D eigenvalue weighted by molar-refractivity contribution is 5.91. The van der Waals surface area contributed by atoms with E-state index in [0.717, 1.165) is 38.2 Å². The van der Waals surface area contributed by atoms with E-state index < -0.39 is 0 Å². The van der Waals surface area contributed by atoms with Crippen molar-refractivity contribution in [3.05, 3.63) is 41.7 Å². The molecule has 2 aromatic rings. The van der Waals surface area contributed by atoms with Crippen LogP contribution in [0.5, 0.6) is 5.75 Å². The van der Waals surface area contributed by atoms with E-state index in [9.17, 15) is 4.79 Å². The molecule has 1 saturated heterocycles. The first-order valence-electron chi connectivity index (χ1n) is 9.94. The molecule has 1 fully saturated rings. The molecule has 0 bridgehead atoms. The number of likely N-dealkylation sites (tertiary alicyclic amines) is 1. The number of benzene rings is 1. The monoisotopic (exact) mass is 387 g/mol. The smallest absolute Gasteiger partial charge is 0.273 e. The maximum Gasteiger partial charge on any atom is 0.273 e. The predicted octanol–water partition coefficient (Wildman–Crippen LogP) is 1.63. The lowest BCUT2D eigenvalue weighted by Gasteiger charge is -2.32. The molecular formula is C20H29N5O3. The van der Waals surface area contributed by atoms with Gasteiger partial charge in [0.15, 0.2) is 5.69 Å². The molecule has 1 amide bonds. The lowest BCUT2D eigenvalue weighted by molar-refractivity contribution is 0.0946. The first-order chi connectivity index (χ1) is 13.7. The molecule has 152 valence electrons. The molecule has 0 radical (unpaired) electrons. The summed E-state index contributed by atoms with van der Waals surface area (Å²) in [5.74, 6) is 0.650. The van der Waals surface area contributed by atoms with E-state index in [1.54, 1.807) is 6.20 Å². The van der Waals surface area contributed by atoms with Gasteiger partial charge in [0.25, 0.3) is 5.91 Å². The van der Waals surface area contributed by atoms with Crippen LogP contribution in [0.4, 0.5) is 0 Å². The highest BCUT2D eigenvalue weighted by Gasteiger charge is 2.23. The normalized spacial score (nSPS) is 17.4. The molecule has 0 saturated carbocycles. The van der Waals surface area contributed by atoms with Crippen LogP contribution in [0.2, 0.25) is 0 Å². The number of nitrogens with one attached hydrogen (secondary N) is 1. The van der Waals surface area contributed by atoms with Crippen LogP contribution < -0.4 is 10.1 Å². The maximum atomic E-state index is 12.1. The Morgan fingerprint density at radius 1 is 1.36 bits per heavy atom. The molecule has 1 aliphatic rings. The third-order valence-electron chi connectivity index (χ3n) is 4.86. The number of amides is 1. The lowest BCUT2D eigenvalue weighted by Crippen LogP contribution is -2.36. The van der Waals surface area contributed by atoms with E-state index in [0.29, 0.717) is 25.3 Å². The SMILES string of the molecule is CCOc1ccc(CN2CCC[C@H](n3cc(C(=O)NCCCO)nn3)C2)cc1. The quantitative estimate of drug-likeness (QED) is 0.636. The van der Waals surface area contributed by atoms with E-state index in [2.05, 4.69) is 32.7 Å². The molecule has 0 spiro atoms. The highest BCUT2D eigenvalue weighted by atomic mass is 16.5. The zero-order valence-corrected chi connectivity index (χ0v) is 16.4. The molecule has 0 unspecified atom stereocenters. The summed E-state index contributed by atoms with van der Waals surface area (Å²) in [6, 6.07) is 8.46. The summed E-state index contributed by atoms with van der Waals surface area (Å²) in [4.78, 5) is 14.5. The van der Waals surface area contributed by atoms with Gasteiger partial charge in [0.05, 0.1) is 18.8 Å². The summed E-state index contributed by atoms with van der Waals surface area (Å²) < 4.78 is 7.31. The minimum absolute atomic E-state index is 0.0548. The van der Waals surface area contributed by atoms with Crippen LogP contribution in [0.1, 0.15) is 48.3 Å². The van der Waals surface area contributed by atoms with Gasteiger partial charge in [-0.2, -0.15) is 0 Å². The molecule has 8 heteroatoms. The van der Waals surface area contributed by atoms with Crippen LogP contribution in [0, 0.1) is 0 Å². The van der Waals surface area contributed by atoms with Gasteiger partial charge in [-0.05, 0) is 50.4 Å². The fourth-order valence-corrected chi connectivity index (χ4v) is 3.44. The minimum Gasteiger partial charge on any atom is -0.494 e. The molecule has 1 aromatic carbocycles. The van der Waals surface area contributed by atoms with Crippen molar-refractivity contribution in [2.24, 2.45) is 0 Å². The van der Waals surface area contributed by atoms with Crippen molar-refractivity contribution < 1.29 is 14.6 Å². The fourth-order valence-electron chi connectivity index (χ4n) is 3.44. The Morgan fingerprint density at radius 3 is 2.93 bits per heavy atom. The summed E-state index contributed by atoms with van der Waals surface area (Å²) in [7, 11) is 0. The van der Waals surface area contributed by atoms with Crippen molar-refractivity contribution in [1.82, 2.24) is 25.2 Å². The van der Waals surface area contributed by atoms with Crippen molar-refractivity contribution in [3.8, 4) is 5.75 Å². The molecule has 28 heavy (non-hydrogen) atoms. The Morgan fingerprint density at radius 2 is 2.18 bits per heavy atom. The van der Waals surface area contributed by atoms with Gasteiger partial charge in [0, 0.05) is 26.2 Å². The molecule has 3 rings (SSSR count). The third-order valence-corrected chi connectivity index (χ3v) is 4.86. The summed E-state index contributed by atoms with van der Waals surface area (Å²) in [5.41, 5.74) is 1.58. The van der Waals surface area contributed by atoms with Crippen molar-refractivity contribution in [2.75, 3.05) is 32.8 Å². The Hall–Kier alpha value is -2.45. The van der Waals surface area contributed by atoms with Gasteiger partial charge in [-0.1, -0.05) is 17.3 Å². The maximum absolute atomic E-state index is 12.1. The number of carbonyl (C=O) groups is 1. The van der Waals surface area contributed by atoms with Gasteiger partial charge in [-0.25, -0.2) is 4.68 Å². The van der Waals surface area contributed by atoms with Gasteiger partial charge in [0.1, 0.15) is 5.75 Å². The Bertz CT molecular complexity index is 747. The molecule has 2 N–H and O–H groups in total. The van der Waals surface area contributed by atoms with Crippen molar-refractivity contribution in [2.45, 2.75) is 38.8 Å². The summed E-state index contributed by atoms with van der Waals surface area (Å²) in [6.07, 6.45) is 4.36. The number of nitrogens with zero attached hydrogens (tertiary/aromatic N) is 4. The standard InChI is InChI=1S/C20H29N5O3/c1-2-28-18-8-6-16(7-9-18)13-24-11-3-5-17(14-24)25-15-19(22-23-25)20(27)21-10-4-12-26/h6-9,15,17,26H,2-5,10-14H2,1H3,(H,21,27)/t17-/m0/s1. The Kier molecular flexibility index (Phi) is 7.39. The summed E-state index contributed by atoms with van der Waals surface area (Å²) >= 11 is 0. The molecular weight excluding hydrogens is 358 g/mol. The summed E-state index contributed by atoms with van der Waals surface area (Å²) in [5, 5.41) is 19.7. The van der Waals surface area contributed by atoms with Crippen molar-refractivity contribution in [1.29, 1.82) is 0 Å². The second-order valence-electron chi connectivity index (χ2n) is 7.02. The second kappa shape index (κ2) is 10.2. The van der Waals surface area contributed by atoms with Crippen LogP contribution in [-0.4, -0.2) is 63.8 Å². The number of piperidine rings is 1. The van der Waals surface area contributed by atoms with E-state index in [1.165, 1.54) is 5.56 Å². The average Bonchev–Trinajstić information content (AvgIpc) is 3.21. The largest absolute Gasteiger partial charge is 0.494 e. The number of hydrogen-bond acceptors (Lipinski definition) is 6. The molecule has 1 aliphatic heterocycles. The van der Waals surface area contributed by atoms with E-state index >= 15 is 0 Å². The van der Waals surface area contributed by atoms with Crippen molar-refractivity contribution >= 4 is 5.91 Å². The van der Waals surface area contributed by atoms with E-state index in [1.807, 2.05) is 23.7 Å². The number of aromatic nitrogens is 3. The Labute approximate surface area is 165 Å². The number of ether oxygens (including phenoxy) is 1. The number of aliphatic hydroxyl groups is 1. The van der Waals surface area contributed by atoms with Crippen LogP contribution >= 0.6 is 0 Å². The van der Waals surface area contributed by atoms with E-state index in [4.69, 9.17) is 9.84 Å². The molecule has 8 nitrogen and oxygen atoms in total. The highest BCUT2D eigenvalue weighted by Crippen LogP contribution is 2.23. The molecule has 1 atom stereocenters. The Balaban J connectivity index is 1.55. The number of carbonyl (C=O) groups excluding carboxylic acids is 1. The topological polar surface area (TPSA) is 92.5 Å². The average molecular weight is 387 g/mol. The van der Waals surface area contributed by atoms with Crippen LogP contribution in [0.15, 0.2) is 30.5 Å². The van der Waals surface area contributed by atoms with Crippen molar-refractivity contribution in [3.63, 3.8) is 0 Å². The third kappa shape index (κ3) is 5.53. The number of aliphatic hydroxyl groups excluding tert-OH is 1. The first kappa shape index (κ1) is 20.3. The second-order valence-corrected chi connectivity index (χ2v) is 7.02. The van der Waals surface area contributed by atoms with Crippen LogP contribution in [0.3, 0.4) is 0 Å². The van der Waals surface area contributed by atoms with Gasteiger partial charge >= 0.3 is 0 Å². The van der Waals surface area contributed by atoms with Gasteiger partial charge in [-0.3, -0.25) is 9.69 Å². The first-order valence-corrected chi connectivity index (χ1v) is 9.94. The minimum atomic E-state index is -0.248. The molecule has 2 heterocycles. The van der Waals surface area contributed by atoms with E-state index in [-0.39, 0.29) is 18.6 Å². The predicted molar refractivity (Wildman–Crippen MR) is 105 cm³/mol. The zero-order chi connectivity index (χ0) is 19.8. The number of rotatable bonds is 9. The number of hydrogen-bond donors (Lipinski definition) is 2. The lowest BCUT2D eigenvalue weighted by atomic mass is 10.0.